The summed E-state index contributed by atoms with van der Waals surface area (Å²) in [5.41, 5.74) is 0. The zero-order chi connectivity index (χ0) is 17.6. The van der Waals surface area contributed by atoms with Crippen LogP contribution in [0.3, 0.4) is 0 Å². The molecule has 5 nitrogen and oxygen atoms in total. The lowest BCUT2D eigenvalue weighted by atomic mass is 9.89. The Labute approximate surface area is 150 Å². The molecular weight excluding hydrogens is 316 g/mol. The fourth-order valence-corrected chi connectivity index (χ4v) is 3.94. The normalized spacial score (nSPS) is 25.6. The Morgan fingerprint density at radius 1 is 1.08 bits per heavy atom. The largest absolute Gasteiger partial charge is 0.494 e. The number of piperidine rings is 1. The molecule has 0 bridgehead atoms. The SMILES string of the molecule is CCCOc1ccc(OCCN(C)[C@H]2C[C@H]3CNC(=O)C[C@H]3C2)cc1. The number of hydrogen-bond acceptors (Lipinski definition) is 4. The van der Waals surface area contributed by atoms with Crippen molar-refractivity contribution >= 4 is 5.91 Å². The first-order valence-electron chi connectivity index (χ1n) is 9.48. The van der Waals surface area contributed by atoms with E-state index in [1.54, 1.807) is 0 Å². The predicted molar refractivity (Wildman–Crippen MR) is 98.0 cm³/mol. The Balaban J connectivity index is 1.39. The molecule has 1 saturated heterocycles. The molecule has 1 aromatic carbocycles. The van der Waals surface area contributed by atoms with Crippen molar-refractivity contribution in [2.75, 3.05) is 33.4 Å². The average molecular weight is 346 g/mol. The van der Waals surface area contributed by atoms with E-state index in [0.717, 1.165) is 44.0 Å². The van der Waals surface area contributed by atoms with Crippen LogP contribution in [-0.2, 0) is 4.79 Å². The summed E-state index contributed by atoms with van der Waals surface area (Å²) < 4.78 is 11.4. The second-order valence-corrected chi connectivity index (χ2v) is 7.30. The number of likely N-dealkylation sites (N-methyl/N-ethyl adjacent to an activating group) is 1. The van der Waals surface area contributed by atoms with Crippen molar-refractivity contribution in [3.8, 4) is 11.5 Å². The number of carbonyl (C=O) groups is 1. The lowest BCUT2D eigenvalue weighted by molar-refractivity contribution is -0.124. The summed E-state index contributed by atoms with van der Waals surface area (Å²) in [7, 11) is 2.17. The van der Waals surface area contributed by atoms with E-state index in [0.29, 0.717) is 30.9 Å². The van der Waals surface area contributed by atoms with E-state index in [2.05, 4.69) is 24.2 Å². The molecule has 2 fully saturated rings. The van der Waals surface area contributed by atoms with Crippen LogP contribution in [0.2, 0.25) is 0 Å². The predicted octanol–water partition coefficient (Wildman–Crippen LogP) is 2.70. The van der Waals surface area contributed by atoms with Crippen LogP contribution in [0.5, 0.6) is 11.5 Å². The molecule has 0 aromatic heterocycles. The Bertz CT molecular complexity index is 561. The molecule has 0 spiro atoms. The molecule has 3 atom stereocenters. The van der Waals surface area contributed by atoms with Gasteiger partial charge in [-0.25, -0.2) is 0 Å². The third kappa shape index (κ3) is 4.88. The van der Waals surface area contributed by atoms with Crippen LogP contribution in [-0.4, -0.2) is 50.2 Å². The molecule has 1 aromatic rings. The van der Waals surface area contributed by atoms with E-state index in [-0.39, 0.29) is 5.91 Å². The first-order chi connectivity index (χ1) is 12.2. The lowest BCUT2D eigenvalue weighted by Gasteiger charge is -2.24. The van der Waals surface area contributed by atoms with Gasteiger partial charge in [0.15, 0.2) is 0 Å². The fraction of sp³-hybridized carbons (Fsp3) is 0.650. The molecule has 1 amide bonds. The van der Waals surface area contributed by atoms with Crippen molar-refractivity contribution in [3.05, 3.63) is 24.3 Å². The van der Waals surface area contributed by atoms with Gasteiger partial charge in [0, 0.05) is 25.6 Å². The van der Waals surface area contributed by atoms with Crippen LogP contribution in [0, 0.1) is 11.8 Å². The molecule has 1 aliphatic heterocycles. The second-order valence-electron chi connectivity index (χ2n) is 7.30. The Hall–Kier alpha value is -1.75. The third-order valence-corrected chi connectivity index (χ3v) is 5.46. The molecule has 138 valence electrons. The van der Waals surface area contributed by atoms with E-state index in [9.17, 15) is 4.79 Å². The standard InChI is InChI=1S/C20H30N2O3/c1-3-9-24-18-4-6-19(7-5-18)25-10-8-22(2)17-11-15-13-20(23)21-14-16(15)12-17/h4-7,15-17H,3,8-14H2,1-2H3,(H,21,23)/t15-,16+,17-/m1/s1. The highest BCUT2D eigenvalue weighted by molar-refractivity contribution is 5.77. The summed E-state index contributed by atoms with van der Waals surface area (Å²) in [6, 6.07) is 8.41. The molecule has 3 rings (SSSR count). The Kier molecular flexibility index (Phi) is 6.19. The van der Waals surface area contributed by atoms with Gasteiger partial charge in [0.05, 0.1) is 6.61 Å². The van der Waals surface area contributed by atoms with Gasteiger partial charge in [-0.1, -0.05) is 6.92 Å². The van der Waals surface area contributed by atoms with Crippen LogP contribution in [0.25, 0.3) is 0 Å². The van der Waals surface area contributed by atoms with Gasteiger partial charge in [0.2, 0.25) is 5.91 Å². The third-order valence-electron chi connectivity index (χ3n) is 5.46. The minimum absolute atomic E-state index is 0.222. The fourth-order valence-electron chi connectivity index (χ4n) is 3.94. The van der Waals surface area contributed by atoms with Gasteiger partial charge < -0.3 is 19.7 Å². The summed E-state index contributed by atoms with van der Waals surface area (Å²) in [5, 5.41) is 3.00. The van der Waals surface area contributed by atoms with Gasteiger partial charge >= 0.3 is 0 Å². The number of hydrogen-bond donors (Lipinski definition) is 1. The van der Waals surface area contributed by atoms with Gasteiger partial charge in [-0.3, -0.25) is 4.79 Å². The van der Waals surface area contributed by atoms with Crippen LogP contribution < -0.4 is 14.8 Å². The number of fused-ring (bicyclic) bond motifs is 1. The van der Waals surface area contributed by atoms with Gasteiger partial charge in [-0.05, 0) is 62.4 Å². The maximum atomic E-state index is 11.5. The lowest BCUT2D eigenvalue weighted by Crippen LogP contribution is -2.38. The molecule has 1 aliphatic carbocycles. The van der Waals surface area contributed by atoms with Crippen molar-refractivity contribution in [2.45, 2.75) is 38.6 Å². The topological polar surface area (TPSA) is 50.8 Å². The number of nitrogens with one attached hydrogen (secondary N) is 1. The summed E-state index contributed by atoms with van der Waals surface area (Å²) >= 11 is 0. The van der Waals surface area contributed by atoms with E-state index in [4.69, 9.17) is 9.47 Å². The maximum absolute atomic E-state index is 11.5. The molecule has 1 N–H and O–H groups in total. The second kappa shape index (κ2) is 8.56. The van der Waals surface area contributed by atoms with Crippen LogP contribution in [0.4, 0.5) is 0 Å². The molecule has 1 saturated carbocycles. The highest BCUT2D eigenvalue weighted by Gasteiger charge is 2.39. The first-order valence-corrected chi connectivity index (χ1v) is 9.48. The van der Waals surface area contributed by atoms with Crippen LogP contribution in [0.1, 0.15) is 32.6 Å². The highest BCUT2D eigenvalue weighted by atomic mass is 16.5. The number of carbonyl (C=O) groups excluding carboxylic acids is 1. The molecule has 0 radical (unpaired) electrons. The van der Waals surface area contributed by atoms with E-state index in [1.165, 1.54) is 6.42 Å². The number of nitrogens with zero attached hydrogens (tertiary/aromatic N) is 1. The summed E-state index contributed by atoms with van der Waals surface area (Å²) in [4.78, 5) is 13.9. The molecule has 5 heteroatoms. The molecule has 2 aliphatic rings. The monoisotopic (exact) mass is 346 g/mol. The summed E-state index contributed by atoms with van der Waals surface area (Å²) in [6.07, 6.45) is 4.04. The van der Waals surface area contributed by atoms with E-state index < -0.39 is 0 Å². The zero-order valence-corrected chi connectivity index (χ0v) is 15.4. The van der Waals surface area contributed by atoms with Crippen molar-refractivity contribution in [3.63, 3.8) is 0 Å². The van der Waals surface area contributed by atoms with E-state index in [1.807, 2.05) is 24.3 Å². The zero-order valence-electron chi connectivity index (χ0n) is 15.4. The quantitative estimate of drug-likeness (QED) is 0.786. The molecule has 0 unspecified atom stereocenters. The summed E-state index contributed by atoms with van der Waals surface area (Å²) in [6.45, 7) is 5.28. The highest BCUT2D eigenvalue weighted by Crippen LogP contribution is 2.38. The number of ether oxygens (including phenoxy) is 2. The van der Waals surface area contributed by atoms with Crippen molar-refractivity contribution < 1.29 is 14.3 Å². The van der Waals surface area contributed by atoms with Crippen molar-refractivity contribution in [2.24, 2.45) is 11.8 Å². The maximum Gasteiger partial charge on any atom is 0.220 e. The molecule has 1 heterocycles. The van der Waals surface area contributed by atoms with Crippen molar-refractivity contribution in [1.82, 2.24) is 10.2 Å². The Morgan fingerprint density at radius 3 is 2.40 bits per heavy atom. The minimum atomic E-state index is 0.222. The number of rotatable bonds is 8. The van der Waals surface area contributed by atoms with Gasteiger partial charge in [0.25, 0.3) is 0 Å². The van der Waals surface area contributed by atoms with Gasteiger partial charge in [-0.2, -0.15) is 0 Å². The average Bonchev–Trinajstić information content (AvgIpc) is 3.04. The van der Waals surface area contributed by atoms with Gasteiger partial charge in [0.1, 0.15) is 18.1 Å². The molecule has 25 heavy (non-hydrogen) atoms. The first kappa shape index (κ1) is 18.1. The Morgan fingerprint density at radius 2 is 1.72 bits per heavy atom. The number of benzene rings is 1. The van der Waals surface area contributed by atoms with E-state index >= 15 is 0 Å². The smallest absolute Gasteiger partial charge is 0.220 e. The van der Waals surface area contributed by atoms with Crippen molar-refractivity contribution in [1.29, 1.82) is 0 Å². The van der Waals surface area contributed by atoms with Crippen LogP contribution in [0.15, 0.2) is 24.3 Å². The molecular formula is C20H30N2O3. The van der Waals surface area contributed by atoms with Gasteiger partial charge in [-0.15, -0.1) is 0 Å². The number of amides is 1. The summed E-state index contributed by atoms with van der Waals surface area (Å²) in [5.74, 6) is 3.22. The van der Waals surface area contributed by atoms with Crippen LogP contribution >= 0.6 is 0 Å². The minimum Gasteiger partial charge on any atom is -0.494 e.